The number of halogens is 1. The van der Waals surface area contributed by atoms with E-state index in [1.54, 1.807) is 12.1 Å². The van der Waals surface area contributed by atoms with Crippen molar-refractivity contribution in [3.8, 4) is 0 Å². The molecule has 0 fully saturated rings. The molecule has 1 heterocycles. The van der Waals surface area contributed by atoms with Crippen LogP contribution in [0.4, 0.5) is 0 Å². The number of hydrogen-bond donors (Lipinski definition) is 0. The Labute approximate surface area is 194 Å². The first-order valence-electron chi connectivity index (χ1n) is 10.1. The number of carbonyl (C=O) groups is 1. The van der Waals surface area contributed by atoms with Gasteiger partial charge in [0.1, 0.15) is 0 Å². The molecular weight excluding hydrogens is 500 g/mol. The predicted molar refractivity (Wildman–Crippen MR) is 128 cm³/mol. The van der Waals surface area contributed by atoms with Crippen molar-refractivity contribution in [1.82, 2.24) is 4.57 Å². The molecule has 0 unspecified atom stereocenters. The van der Waals surface area contributed by atoms with Gasteiger partial charge in [0, 0.05) is 24.0 Å². The van der Waals surface area contributed by atoms with Crippen LogP contribution in [0.1, 0.15) is 25.3 Å². The summed E-state index contributed by atoms with van der Waals surface area (Å²) in [5, 5.41) is 0. The van der Waals surface area contributed by atoms with E-state index in [1.165, 1.54) is 11.3 Å². The summed E-state index contributed by atoms with van der Waals surface area (Å²) in [6.07, 6.45) is 0.351. The fourth-order valence-corrected chi connectivity index (χ4v) is 6.21. The highest BCUT2D eigenvalue weighted by Crippen LogP contribution is 2.22. The van der Waals surface area contributed by atoms with Crippen molar-refractivity contribution in [2.45, 2.75) is 32.1 Å². The van der Waals surface area contributed by atoms with E-state index in [0.29, 0.717) is 24.6 Å². The first-order valence-corrected chi connectivity index (χ1v) is 13.5. The molecule has 6 nitrogen and oxygen atoms in total. The summed E-state index contributed by atoms with van der Waals surface area (Å²) in [7, 11) is -3.27. The second-order valence-corrected chi connectivity index (χ2v) is 11.1. The zero-order valence-corrected chi connectivity index (χ0v) is 20.5. The molecule has 0 radical (unpaired) electrons. The van der Waals surface area contributed by atoms with Crippen LogP contribution in [-0.4, -0.2) is 37.9 Å². The molecule has 0 saturated carbocycles. The summed E-state index contributed by atoms with van der Waals surface area (Å²) < 4.78 is 34.1. The number of aromatic nitrogens is 1. The number of amides is 1. The Hall–Kier alpha value is -1.81. The Morgan fingerprint density at radius 3 is 2.71 bits per heavy atom. The third kappa shape index (κ3) is 7.10. The van der Waals surface area contributed by atoms with Crippen molar-refractivity contribution in [2.75, 3.05) is 19.0 Å². The van der Waals surface area contributed by atoms with Crippen LogP contribution in [0.15, 0.2) is 58.0 Å². The van der Waals surface area contributed by atoms with Crippen LogP contribution >= 0.6 is 27.3 Å². The highest BCUT2D eigenvalue weighted by Gasteiger charge is 2.14. The Morgan fingerprint density at radius 1 is 1.19 bits per heavy atom. The van der Waals surface area contributed by atoms with E-state index < -0.39 is 9.84 Å². The van der Waals surface area contributed by atoms with Gasteiger partial charge in [-0.25, -0.2) is 8.42 Å². The number of hydrogen-bond acceptors (Lipinski definition) is 5. The molecule has 0 aliphatic rings. The molecule has 0 aliphatic heterocycles. The van der Waals surface area contributed by atoms with Crippen LogP contribution in [0.2, 0.25) is 0 Å². The highest BCUT2D eigenvalue weighted by atomic mass is 79.9. The molecule has 3 rings (SSSR count). The maximum Gasteiger partial charge on any atom is 0.248 e. The lowest BCUT2D eigenvalue weighted by molar-refractivity contribution is -0.118. The van der Waals surface area contributed by atoms with E-state index in [1.807, 2.05) is 47.9 Å². The molecular formula is C22H25BrN2O4S2. The summed E-state index contributed by atoms with van der Waals surface area (Å²) in [5.41, 5.74) is 1.75. The third-order valence-electron chi connectivity index (χ3n) is 4.60. The normalized spacial score (nSPS) is 12.5. The average molecular weight is 525 g/mol. The van der Waals surface area contributed by atoms with Gasteiger partial charge in [-0.1, -0.05) is 57.6 Å². The number of fused-ring (bicyclic) bond motifs is 1. The van der Waals surface area contributed by atoms with Crippen LogP contribution in [0.3, 0.4) is 0 Å². The molecule has 3 aromatic rings. The molecule has 1 amide bonds. The molecule has 9 heteroatoms. The lowest BCUT2D eigenvalue weighted by atomic mass is 10.2. The van der Waals surface area contributed by atoms with E-state index >= 15 is 0 Å². The molecule has 31 heavy (non-hydrogen) atoms. The zero-order chi connectivity index (χ0) is 22.3. The lowest BCUT2D eigenvalue weighted by Gasteiger charge is -2.05. The van der Waals surface area contributed by atoms with Gasteiger partial charge < -0.3 is 9.30 Å². The fourth-order valence-electron chi connectivity index (χ4n) is 3.15. The lowest BCUT2D eigenvalue weighted by Crippen LogP contribution is -2.20. The van der Waals surface area contributed by atoms with Crippen molar-refractivity contribution in [3.05, 3.63) is 63.4 Å². The van der Waals surface area contributed by atoms with Gasteiger partial charge in [0.05, 0.1) is 28.3 Å². The molecule has 2 aromatic carbocycles. The van der Waals surface area contributed by atoms with E-state index in [-0.39, 0.29) is 30.3 Å². The quantitative estimate of drug-likeness (QED) is 0.370. The maximum absolute atomic E-state index is 12.5. The number of rotatable bonds is 10. The summed E-state index contributed by atoms with van der Waals surface area (Å²) >= 11 is 4.91. The second-order valence-electron chi connectivity index (χ2n) is 7.03. The van der Waals surface area contributed by atoms with Gasteiger partial charge in [-0.15, -0.1) is 0 Å². The van der Waals surface area contributed by atoms with Crippen LogP contribution in [0.5, 0.6) is 0 Å². The number of ether oxygens (including phenoxy) is 1. The van der Waals surface area contributed by atoms with Gasteiger partial charge in [-0.3, -0.25) is 4.79 Å². The Morgan fingerprint density at radius 2 is 1.97 bits per heavy atom. The van der Waals surface area contributed by atoms with E-state index in [9.17, 15) is 13.2 Å². The molecule has 0 spiro atoms. The van der Waals surface area contributed by atoms with Crippen LogP contribution in [0.25, 0.3) is 10.2 Å². The van der Waals surface area contributed by atoms with Crippen molar-refractivity contribution >= 4 is 53.2 Å². The minimum atomic E-state index is -3.27. The van der Waals surface area contributed by atoms with E-state index in [4.69, 9.17) is 4.74 Å². The van der Waals surface area contributed by atoms with Gasteiger partial charge in [-0.05, 0) is 37.1 Å². The van der Waals surface area contributed by atoms with Crippen molar-refractivity contribution in [3.63, 3.8) is 0 Å². The standard InChI is InChI=1S/C22H25BrN2O4S2/c1-2-29-13-12-25-19-11-10-18(23)15-20(19)30-22(25)24-21(26)9-6-14-31(27,28)16-17-7-4-3-5-8-17/h3-5,7-8,10-11,15H,2,6,9,12-14,16H2,1H3. The summed E-state index contributed by atoms with van der Waals surface area (Å²) in [4.78, 5) is 17.4. The van der Waals surface area contributed by atoms with Crippen molar-refractivity contribution in [2.24, 2.45) is 4.99 Å². The summed E-state index contributed by atoms with van der Waals surface area (Å²) in [6.45, 7) is 3.68. The minimum Gasteiger partial charge on any atom is -0.380 e. The molecule has 0 atom stereocenters. The molecule has 0 saturated heterocycles. The molecule has 0 bridgehead atoms. The SMILES string of the molecule is CCOCCn1c(=NC(=O)CCCS(=O)(=O)Cc2ccccc2)sc2cc(Br)ccc21. The third-order valence-corrected chi connectivity index (χ3v) is 7.82. The number of carbonyl (C=O) groups excluding carboxylic acids is 1. The molecule has 0 N–H and O–H groups in total. The van der Waals surface area contributed by atoms with Gasteiger partial charge in [-0.2, -0.15) is 4.99 Å². The Balaban J connectivity index is 1.69. The number of nitrogens with zero attached hydrogens (tertiary/aromatic N) is 2. The van der Waals surface area contributed by atoms with Crippen LogP contribution < -0.4 is 4.80 Å². The van der Waals surface area contributed by atoms with E-state index in [0.717, 1.165) is 20.3 Å². The van der Waals surface area contributed by atoms with E-state index in [2.05, 4.69) is 20.9 Å². The number of benzene rings is 2. The zero-order valence-electron chi connectivity index (χ0n) is 17.3. The molecule has 0 aliphatic carbocycles. The Bertz CT molecular complexity index is 1200. The van der Waals surface area contributed by atoms with Gasteiger partial charge in [0.2, 0.25) is 5.91 Å². The minimum absolute atomic E-state index is 0.0121. The van der Waals surface area contributed by atoms with Gasteiger partial charge >= 0.3 is 0 Å². The van der Waals surface area contributed by atoms with Crippen LogP contribution in [-0.2, 0) is 31.7 Å². The predicted octanol–water partition coefficient (Wildman–Crippen LogP) is 4.32. The molecule has 166 valence electrons. The Kier molecular flexibility index (Phi) is 8.59. The smallest absolute Gasteiger partial charge is 0.248 e. The van der Waals surface area contributed by atoms with Crippen LogP contribution in [0, 0.1) is 0 Å². The fraction of sp³-hybridized carbons (Fsp3) is 0.364. The number of sulfone groups is 1. The van der Waals surface area contributed by atoms with Gasteiger partial charge in [0.15, 0.2) is 14.6 Å². The summed E-state index contributed by atoms with van der Waals surface area (Å²) in [5.74, 6) is -0.361. The first-order chi connectivity index (χ1) is 14.9. The average Bonchev–Trinajstić information content (AvgIpc) is 3.04. The second kappa shape index (κ2) is 11.2. The monoisotopic (exact) mass is 524 g/mol. The molecule has 1 aromatic heterocycles. The van der Waals surface area contributed by atoms with Crippen molar-refractivity contribution < 1.29 is 17.9 Å². The van der Waals surface area contributed by atoms with Crippen molar-refractivity contribution in [1.29, 1.82) is 0 Å². The van der Waals surface area contributed by atoms with Gasteiger partial charge in [0.25, 0.3) is 0 Å². The highest BCUT2D eigenvalue weighted by molar-refractivity contribution is 9.10. The summed E-state index contributed by atoms with van der Waals surface area (Å²) in [6, 6.07) is 15.0. The topological polar surface area (TPSA) is 77.7 Å². The maximum atomic E-state index is 12.5. The number of thiazole rings is 1. The first kappa shape index (κ1) is 23.8. The largest absolute Gasteiger partial charge is 0.380 e.